The Labute approximate surface area is 123 Å². The lowest BCUT2D eigenvalue weighted by atomic mass is 10.2. The van der Waals surface area contributed by atoms with Gasteiger partial charge in [-0.15, -0.1) is 0 Å². The molecule has 0 unspecified atom stereocenters. The molecule has 0 heterocycles. The maximum absolute atomic E-state index is 11.6. The highest BCUT2D eigenvalue weighted by atomic mass is 35.5. The molecule has 0 bridgehead atoms. The Morgan fingerprint density at radius 2 is 2.00 bits per heavy atom. The monoisotopic (exact) mass is 299 g/mol. The van der Waals surface area contributed by atoms with E-state index < -0.39 is 12.1 Å². The number of carbonyl (C=O) groups is 2. The Morgan fingerprint density at radius 3 is 2.55 bits per heavy atom. The zero-order chi connectivity index (χ0) is 15.3. The van der Waals surface area contributed by atoms with Crippen LogP contribution in [0.15, 0.2) is 18.2 Å². The smallest absolute Gasteiger partial charge is 0.344 e. The molecule has 0 aliphatic heterocycles. The Morgan fingerprint density at radius 1 is 1.35 bits per heavy atom. The Bertz CT molecular complexity index is 502. The molecule has 5 nitrogen and oxygen atoms in total. The summed E-state index contributed by atoms with van der Waals surface area (Å²) < 4.78 is 10.3. The maximum Gasteiger partial charge on any atom is 0.344 e. The van der Waals surface area contributed by atoms with Crippen LogP contribution in [0.3, 0.4) is 0 Å². The third-order valence-corrected chi connectivity index (χ3v) is 2.81. The van der Waals surface area contributed by atoms with Crippen LogP contribution >= 0.6 is 11.6 Å². The van der Waals surface area contributed by atoms with Crippen molar-refractivity contribution in [2.75, 3.05) is 20.7 Å². The average Bonchev–Trinajstić information content (AvgIpc) is 2.36. The van der Waals surface area contributed by atoms with Crippen LogP contribution in [0.2, 0.25) is 5.02 Å². The van der Waals surface area contributed by atoms with E-state index in [9.17, 15) is 9.59 Å². The first-order valence-electron chi connectivity index (χ1n) is 6.11. The predicted molar refractivity (Wildman–Crippen MR) is 75.9 cm³/mol. The average molecular weight is 300 g/mol. The maximum atomic E-state index is 11.6. The number of aryl methyl sites for hydroxylation is 1. The SMILES string of the molecule is Cc1cc(Cl)ccc1OCC(=O)O[C@H](C)C(=O)N(C)C. The van der Waals surface area contributed by atoms with Crippen LogP contribution in [-0.4, -0.2) is 43.6 Å². The highest BCUT2D eigenvalue weighted by Gasteiger charge is 2.19. The quantitative estimate of drug-likeness (QED) is 0.781. The fraction of sp³-hybridized carbons (Fsp3) is 0.429. The second-order valence-electron chi connectivity index (χ2n) is 4.56. The number of hydrogen-bond acceptors (Lipinski definition) is 4. The fourth-order valence-corrected chi connectivity index (χ4v) is 1.78. The van der Waals surface area contributed by atoms with E-state index in [4.69, 9.17) is 21.1 Å². The minimum absolute atomic E-state index is 0.256. The summed E-state index contributed by atoms with van der Waals surface area (Å²) in [5.41, 5.74) is 0.822. The van der Waals surface area contributed by atoms with Gasteiger partial charge in [0.15, 0.2) is 12.7 Å². The summed E-state index contributed by atoms with van der Waals surface area (Å²) in [5, 5.41) is 0.600. The molecule has 1 amide bonds. The van der Waals surface area contributed by atoms with E-state index in [1.54, 1.807) is 32.3 Å². The number of esters is 1. The highest BCUT2D eigenvalue weighted by molar-refractivity contribution is 6.30. The van der Waals surface area contributed by atoms with Crippen molar-refractivity contribution in [2.45, 2.75) is 20.0 Å². The van der Waals surface area contributed by atoms with E-state index in [2.05, 4.69) is 0 Å². The molecular weight excluding hydrogens is 282 g/mol. The van der Waals surface area contributed by atoms with Gasteiger partial charge in [0, 0.05) is 19.1 Å². The van der Waals surface area contributed by atoms with Gasteiger partial charge in [-0.05, 0) is 37.6 Å². The molecule has 0 radical (unpaired) electrons. The van der Waals surface area contributed by atoms with Gasteiger partial charge in [-0.25, -0.2) is 4.79 Å². The molecule has 0 saturated heterocycles. The molecule has 1 rings (SSSR count). The highest BCUT2D eigenvalue weighted by Crippen LogP contribution is 2.21. The fourth-order valence-electron chi connectivity index (χ4n) is 1.56. The van der Waals surface area contributed by atoms with E-state index in [1.807, 2.05) is 6.92 Å². The lowest BCUT2D eigenvalue weighted by Crippen LogP contribution is -2.35. The summed E-state index contributed by atoms with van der Waals surface area (Å²) in [7, 11) is 3.19. The zero-order valence-corrected chi connectivity index (χ0v) is 12.7. The molecular formula is C14H18ClNO4. The van der Waals surface area contributed by atoms with E-state index in [-0.39, 0.29) is 12.5 Å². The number of amides is 1. The molecule has 0 N–H and O–H groups in total. The number of benzene rings is 1. The first kappa shape index (κ1) is 16.3. The Balaban J connectivity index is 2.49. The molecule has 0 aromatic heterocycles. The minimum atomic E-state index is -0.826. The van der Waals surface area contributed by atoms with Crippen molar-refractivity contribution in [2.24, 2.45) is 0 Å². The van der Waals surface area contributed by atoms with Crippen molar-refractivity contribution in [1.29, 1.82) is 0 Å². The molecule has 0 aliphatic carbocycles. The van der Waals surface area contributed by atoms with Crippen LogP contribution in [0.1, 0.15) is 12.5 Å². The van der Waals surface area contributed by atoms with E-state index in [0.29, 0.717) is 10.8 Å². The molecule has 6 heteroatoms. The largest absolute Gasteiger partial charge is 0.482 e. The standard InChI is InChI=1S/C14H18ClNO4/c1-9-7-11(15)5-6-12(9)19-8-13(17)20-10(2)14(18)16(3)4/h5-7,10H,8H2,1-4H3/t10-/m1/s1. The third-order valence-electron chi connectivity index (χ3n) is 2.58. The van der Waals surface area contributed by atoms with Crippen LogP contribution in [0, 0.1) is 6.92 Å². The van der Waals surface area contributed by atoms with Crippen molar-refractivity contribution in [3.8, 4) is 5.75 Å². The number of hydrogen-bond donors (Lipinski definition) is 0. The van der Waals surface area contributed by atoms with Crippen LogP contribution in [0.25, 0.3) is 0 Å². The molecule has 20 heavy (non-hydrogen) atoms. The second kappa shape index (κ2) is 7.14. The van der Waals surface area contributed by atoms with Crippen LogP contribution in [0.4, 0.5) is 0 Å². The molecule has 0 fully saturated rings. The van der Waals surface area contributed by atoms with E-state index in [0.717, 1.165) is 5.56 Å². The topological polar surface area (TPSA) is 55.8 Å². The van der Waals surface area contributed by atoms with Crippen LogP contribution in [0.5, 0.6) is 5.75 Å². The zero-order valence-electron chi connectivity index (χ0n) is 12.0. The lowest BCUT2D eigenvalue weighted by molar-refractivity contribution is -0.159. The first-order valence-corrected chi connectivity index (χ1v) is 6.48. The molecule has 110 valence electrons. The summed E-state index contributed by atoms with van der Waals surface area (Å²) >= 11 is 5.82. The molecule has 0 saturated carbocycles. The molecule has 0 spiro atoms. The van der Waals surface area contributed by atoms with Gasteiger partial charge < -0.3 is 14.4 Å². The molecule has 1 aromatic carbocycles. The number of nitrogens with zero attached hydrogens (tertiary/aromatic N) is 1. The second-order valence-corrected chi connectivity index (χ2v) is 5.00. The van der Waals surface area contributed by atoms with Gasteiger partial charge in [0.25, 0.3) is 5.91 Å². The third kappa shape index (κ3) is 4.74. The van der Waals surface area contributed by atoms with Gasteiger partial charge in [-0.1, -0.05) is 11.6 Å². The minimum Gasteiger partial charge on any atom is -0.482 e. The van der Waals surface area contributed by atoms with E-state index >= 15 is 0 Å². The number of halogens is 1. The summed E-state index contributed by atoms with van der Waals surface area (Å²) in [6.07, 6.45) is -0.826. The van der Waals surface area contributed by atoms with Gasteiger partial charge in [0.2, 0.25) is 0 Å². The van der Waals surface area contributed by atoms with Crippen LogP contribution in [-0.2, 0) is 14.3 Å². The van der Waals surface area contributed by atoms with E-state index in [1.165, 1.54) is 11.8 Å². The van der Waals surface area contributed by atoms with Gasteiger partial charge in [-0.3, -0.25) is 4.79 Å². The molecule has 1 aromatic rings. The Hall–Kier alpha value is -1.75. The summed E-state index contributed by atoms with van der Waals surface area (Å²) in [4.78, 5) is 24.5. The number of rotatable bonds is 5. The summed E-state index contributed by atoms with van der Waals surface area (Å²) in [6, 6.07) is 5.09. The molecule has 1 atom stereocenters. The van der Waals surface area contributed by atoms with Crippen molar-refractivity contribution in [3.63, 3.8) is 0 Å². The van der Waals surface area contributed by atoms with Crippen LogP contribution < -0.4 is 4.74 Å². The summed E-state index contributed by atoms with van der Waals surface area (Å²) in [6.45, 7) is 3.09. The van der Waals surface area contributed by atoms with Crippen molar-refractivity contribution < 1.29 is 19.1 Å². The normalized spacial score (nSPS) is 11.7. The number of likely N-dealkylation sites (N-methyl/N-ethyl adjacent to an activating group) is 1. The van der Waals surface area contributed by atoms with Crippen molar-refractivity contribution in [3.05, 3.63) is 28.8 Å². The predicted octanol–water partition coefficient (Wildman–Crippen LogP) is 2.05. The first-order chi connectivity index (χ1) is 9.31. The van der Waals surface area contributed by atoms with Gasteiger partial charge in [0.1, 0.15) is 5.75 Å². The van der Waals surface area contributed by atoms with Gasteiger partial charge in [-0.2, -0.15) is 0 Å². The van der Waals surface area contributed by atoms with Crippen molar-refractivity contribution >= 4 is 23.5 Å². The lowest BCUT2D eigenvalue weighted by Gasteiger charge is -2.17. The van der Waals surface area contributed by atoms with Crippen molar-refractivity contribution in [1.82, 2.24) is 4.90 Å². The summed E-state index contributed by atoms with van der Waals surface area (Å²) in [5.74, 6) is -0.319. The van der Waals surface area contributed by atoms with Gasteiger partial charge >= 0.3 is 5.97 Å². The number of carbonyl (C=O) groups excluding carboxylic acids is 2. The molecule has 0 aliphatic rings. The number of ether oxygens (including phenoxy) is 2. The van der Waals surface area contributed by atoms with Gasteiger partial charge in [0.05, 0.1) is 0 Å². The Kier molecular flexibility index (Phi) is 5.82.